The number of nitrogens with one attached hydrogen (secondary N) is 3. The van der Waals surface area contributed by atoms with Crippen LogP contribution in [0.5, 0.6) is 0 Å². The summed E-state index contributed by atoms with van der Waals surface area (Å²) in [6, 6.07) is 6.05. The number of esters is 1. The summed E-state index contributed by atoms with van der Waals surface area (Å²) in [4.78, 5) is 56.3. The molecule has 4 saturated heterocycles. The van der Waals surface area contributed by atoms with Gasteiger partial charge in [0.05, 0.1) is 63.5 Å². The molecule has 3 amide bonds. The number of hydrogen-bond donors (Lipinski definition) is 12. The molecule has 2 aromatic heterocycles. The summed E-state index contributed by atoms with van der Waals surface area (Å²) in [5.74, 6) is 0.218. The molecule has 6 rings (SSSR count). The Kier molecular flexibility index (Phi) is 61.8. The van der Waals surface area contributed by atoms with E-state index in [1.165, 1.54) is 18.2 Å². The van der Waals surface area contributed by atoms with Crippen LogP contribution in [0.3, 0.4) is 0 Å². The van der Waals surface area contributed by atoms with Gasteiger partial charge in [0.25, 0.3) is 17.7 Å². The molecule has 4 aliphatic heterocycles. The van der Waals surface area contributed by atoms with Crippen molar-refractivity contribution >= 4 is 23.7 Å². The third kappa shape index (κ3) is 54.6. The molecule has 474 valence electrons. The second-order valence-electron chi connectivity index (χ2n) is 19.4. The Morgan fingerprint density at radius 2 is 1.15 bits per heavy atom. The predicted molar refractivity (Wildman–Crippen MR) is 315 cm³/mol. The summed E-state index contributed by atoms with van der Waals surface area (Å²) < 4.78 is 20.0. The Labute approximate surface area is 491 Å². The Bertz CT molecular complexity index is 1620. The number of rotatable bonds is 18. The second kappa shape index (κ2) is 60.2. The number of aryl methyl sites for hydroxylation is 1. The smallest absolute Gasteiger partial charge is 0.359 e. The number of nitrogens with zero attached hydrogens (tertiary/aromatic N) is 3. The molecule has 0 saturated carbocycles. The van der Waals surface area contributed by atoms with Gasteiger partial charge in [-0.25, -0.2) is 4.79 Å². The summed E-state index contributed by atoms with van der Waals surface area (Å²) in [7, 11) is 33.9. The van der Waals surface area contributed by atoms with E-state index in [1.54, 1.807) is 41.7 Å². The maximum absolute atomic E-state index is 11.1. The van der Waals surface area contributed by atoms with Crippen molar-refractivity contribution in [1.29, 1.82) is 0 Å². The summed E-state index contributed by atoms with van der Waals surface area (Å²) >= 11 is 0. The molecule has 2 unspecified atom stereocenters. The van der Waals surface area contributed by atoms with Gasteiger partial charge in [0, 0.05) is 71.6 Å². The molecule has 23 nitrogen and oxygen atoms in total. The largest absolute Gasteiger partial charge is 0.477 e. The van der Waals surface area contributed by atoms with Gasteiger partial charge < -0.3 is 82.7 Å². The molecule has 2 aromatic rings. The van der Waals surface area contributed by atoms with Crippen LogP contribution in [0.4, 0.5) is 0 Å². The van der Waals surface area contributed by atoms with Crippen LogP contribution in [-0.4, -0.2) is 148 Å². The number of methoxy groups -OCH3 is 1. The van der Waals surface area contributed by atoms with E-state index in [9.17, 15) is 19.2 Å². The third-order valence-corrected chi connectivity index (χ3v) is 11.2. The van der Waals surface area contributed by atoms with E-state index in [-0.39, 0.29) is 61.4 Å². The monoisotopic (exact) mass is 1150 g/mol. The standard InChI is InChI=1S/C7H11N3.3C7H14N2O.C7H10N2.C7H15NO2.C6H13NO.C5H13NO.C4H11NO.CH4/c1-6-3-10-7(4-8-2)5-9-6;3*1-8-6-4-2-3-5-9-7(6)10;1-8-6-7-4-2-3-5-9-7;1-7(2,3)10-6(9)5-8-4;1-7-5-6-3-2-4-8-6;1-3-7-5-4-6-2;1-5-3-4-6-2;/h3,5H,2,4,8H2,1H3;3*6H,1-5,8H2,(H,9,10);2-5H,1,6,8H2;4-5,8H2,1-3H3;6H,1-5,7H2;2-6H2,1H3;1,3-5H2,2H3;1H4/t;2*6-;;;;;;;/m.10......./s1. The summed E-state index contributed by atoms with van der Waals surface area (Å²) in [6.45, 7) is 20.2. The van der Waals surface area contributed by atoms with E-state index < -0.39 is 0 Å². The molecular weight excluding hydrogens is 1030 g/mol. The molecular formula is C58H119N15O8. The van der Waals surface area contributed by atoms with E-state index in [4.69, 9.17) is 18.9 Å². The van der Waals surface area contributed by atoms with Crippen LogP contribution in [-0.2, 0) is 51.2 Å². The zero-order valence-corrected chi connectivity index (χ0v) is 50.4. The van der Waals surface area contributed by atoms with Crippen molar-refractivity contribution in [2.75, 3.05) is 79.4 Å². The fraction of sp³-hybridized carbons (Fsp3) is 0.621. The normalized spacial score (nSPS) is 18.1. The zero-order valence-electron chi connectivity index (χ0n) is 50.4. The second-order valence-corrected chi connectivity index (χ2v) is 19.4. The van der Waals surface area contributed by atoms with E-state index in [0.29, 0.717) is 6.10 Å². The van der Waals surface area contributed by atoms with Crippen molar-refractivity contribution in [2.45, 2.75) is 156 Å². The first kappa shape index (κ1) is 83.1. The SMILES string of the molecule is C.[CH2-][NH2+]C1CCCCNC1=O.[CH2-][NH2+]CC(=O)OC(C)(C)C.[CH2-][NH2+]CC1CCCO1.[CH2-][NH2+]CCOC.[CH2-][NH2+]CCOCC.[CH2-][NH2+]Cc1ccccn1.[CH2-][NH2+]Cc1cnc(C)cn1.[CH2-][NH2+][C@@H]1CCCCNC1=O.[CH2-][NH2+][C@H]1CCCCNC1=O. The van der Waals surface area contributed by atoms with Crippen molar-refractivity contribution in [1.82, 2.24) is 30.9 Å². The zero-order chi connectivity index (χ0) is 60.5. The van der Waals surface area contributed by atoms with Crippen molar-refractivity contribution < 1.29 is 86.0 Å². The van der Waals surface area contributed by atoms with Crippen LogP contribution in [0.2, 0.25) is 0 Å². The van der Waals surface area contributed by atoms with E-state index in [0.717, 1.165) is 154 Å². The van der Waals surface area contributed by atoms with Crippen molar-refractivity contribution in [3.05, 3.63) is 117 Å². The Morgan fingerprint density at radius 1 is 0.642 bits per heavy atom. The van der Waals surface area contributed by atoms with Crippen molar-refractivity contribution in [3.63, 3.8) is 0 Å². The predicted octanol–water partition coefficient (Wildman–Crippen LogP) is -5.19. The molecule has 0 aromatic carbocycles. The number of amides is 3. The minimum atomic E-state index is -0.375. The fourth-order valence-electron chi connectivity index (χ4n) is 6.93. The molecule has 4 atom stereocenters. The van der Waals surface area contributed by atoms with Crippen LogP contribution in [0, 0.1) is 70.4 Å². The fourth-order valence-corrected chi connectivity index (χ4v) is 6.93. The lowest BCUT2D eigenvalue weighted by atomic mass is 10.1. The van der Waals surface area contributed by atoms with E-state index >= 15 is 0 Å². The van der Waals surface area contributed by atoms with Gasteiger partial charge in [0.2, 0.25) is 0 Å². The average molecular weight is 1150 g/mol. The Morgan fingerprint density at radius 3 is 1.49 bits per heavy atom. The van der Waals surface area contributed by atoms with E-state index in [1.807, 2.05) is 79.4 Å². The maximum atomic E-state index is 11.1. The quantitative estimate of drug-likeness (QED) is 0.0381. The number of ether oxygens (including phenoxy) is 4. The molecule has 0 bridgehead atoms. The molecule has 21 N–H and O–H groups in total. The number of aromatic nitrogens is 3. The Balaban J connectivity index is -0.000000413. The molecule has 0 aliphatic carbocycles. The van der Waals surface area contributed by atoms with Crippen LogP contribution in [0.15, 0.2) is 36.8 Å². The highest BCUT2D eigenvalue weighted by molar-refractivity contribution is 5.81. The van der Waals surface area contributed by atoms with Gasteiger partial charge in [-0.15, -0.1) is 0 Å². The first-order chi connectivity index (χ1) is 38.5. The van der Waals surface area contributed by atoms with Crippen molar-refractivity contribution in [2.24, 2.45) is 0 Å². The average Bonchev–Trinajstić information content (AvgIpc) is 3.60. The van der Waals surface area contributed by atoms with Gasteiger partial charge in [-0.05, 0) is 98.1 Å². The van der Waals surface area contributed by atoms with E-state index in [2.05, 4.69) is 94.3 Å². The number of pyridine rings is 1. The topological polar surface area (TPSA) is 329 Å². The highest BCUT2D eigenvalue weighted by Gasteiger charge is 2.21. The molecule has 4 fully saturated rings. The molecule has 81 heavy (non-hydrogen) atoms. The van der Waals surface area contributed by atoms with Crippen LogP contribution >= 0.6 is 0 Å². The van der Waals surface area contributed by atoms with Gasteiger partial charge in [0.15, 0.2) is 6.54 Å². The summed E-state index contributed by atoms with van der Waals surface area (Å²) in [5, 5.41) is 24.5. The molecule has 0 radical (unpaired) electrons. The number of carbonyl (C=O) groups is 4. The molecule has 4 aliphatic rings. The van der Waals surface area contributed by atoms with Gasteiger partial charge in [0.1, 0.15) is 35.5 Å². The minimum Gasteiger partial charge on any atom is -0.477 e. The van der Waals surface area contributed by atoms with Gasteiger partial charge in [-0.3, -0.25) is 29.3 Å². The van der Waals surface area contributed by atoms with Crippen LogP contribution < -0.4 is 63.8 Å². The van der Waals surface area contributed by atoms with Gasteiger partial charge in [-0.1, -0.05) is 13.5 Å². The molecule has 0 spiro atoms. The van der Waals surface area contributed by atoms with Crippen molar-refractivity contribution in [3.8, 4) is 0 Å². The number of carbonyl (C=O) groups excluding carboxylic acids is 4. The number of nitrogens with two attached hydrogens (primary N) is 9. The number of quaternary nitrogens is 9. The maximum Gasteiger partial charge on any atom is 0.359 e. The lowest BCUT2D eigenvalue weighted by Gasteiger charge is -2.18. The summed E-state index contributed by atoms with van der Waals surface area (Å²) in [6.07, 6.45) is 17.9. The highest BCUT2D eigenvalue weighted by Crippen LogP contribution is 2.09. The minimum absolute atomic E-state index is 0. The number of hydrogen-bond acceptors (Lipinski definition) is 11. The molecule has 23 heteroatoms. The Hall–Kier alpha value is -4.37. The summed E-state index contributed by atoms with van der Waals surface area (Å²) in [5.41, 5.74) is 2.63. The third-order valence-electron chi connectivity index (χ3n) is 11.2. The van der Waals surface area contributed by atoms with Gasteiger partial charge >= 0.3 is 5.97 Å². The lowest BCUT2D eigenvalue weighted by molar-refractivity contribution is -0.620. The highest BCUT2D eigenvalue weighted by atomic mass is 16.6. The van der Waals surface area contributed by atoms with Crippen LogP contribution in [0.1, 0.15) is 123 Å². The lowest BCUT2D eigenvalue weighted by Crippen LogP contribution is -2.86. The molecule has 6 heterocycles. The first-order valence-electron chi connectivity index (χ1n) is 28.4. The van der Waals surface area contributed by atoms with Crippen LogP contribution in [0.25, 0.3) is 0 Å². The van der Waals surface area contributed by atoms with Gasteiger partial charge in [-0.2, -0.15) is 63.4 Å². The first-order valence-corrected chi connectivity index (χ1v) is 28.4.